The van der Waals surface area contributed by atoms with Crippen molar-refractivity contribution in [2.24, 2.45) is 0 Å². The second-order valence-electron chi connectivity index (χ2n) is 9.10. The van der Waals surface area contributed by atoms with Gasteiger partial charge in [-0.1, -0.05) is 66.2 Å². The van der Waals surface area contributed by atoms with E-state index in [1.54, 1.807) is 49.6 Å². The monoisotopic (exact) mass is 612 g/mol. The van der Waals surface area contributed by atoms with Crippen LogP contribution in [0.2, 0.25) is 0 Å². The number of rotatable bonds is 7. The number of benzene rings is 4. The van der Waals surface area contributed by atoms with Crippen LogP contribution in [0.25, 0.3) is 6.08 Å². The molecular formula is C32H25BrN2O4S. The first-order valence-corrected chi connectivity index (χ1v) is 13.7. The number of nitrogens with zero attached hydrogens (tertiary/aromatic N) is 2. The van der Waals surface area contributed by atoms with Gasteiger partial charge in [-0.2, -0.15) is 0 Å². The van der Waals surface area contributed by atoms with Crippen molar-refractivity contribution in [3.8, 4) is 11.5 Å². The second kappa shape index (κ2) is 11.9. The molecule has 0 spiro atoms. The van der Waals surface area contributed by atoms with Crippen LogP contribution >= 0.6 is 28.1 Å². The Kier molecular flexibility index (Phi) is 8.09. The SMILES string of the molecule is COc1cc(C=C2C(=O)N(c3ccccc3)C(=S)N(c3ccccc3)C2=O)cc(Br)c1OCc1cccc(C)c1. The molecule has 40 heavy (non-hydrogen) atoms. The van der Waals surface area contributed by atoms with Gasteiger partial charge in [0.15, 0.2) is 16.6 Å². The van der Waals surface area contributed by atoms with E-state index in [9.17, 15) is 9.59 Å². The molecule has 2 amide bonds. The van der Waals surface area contributed by atoms with Crippen LogP contribution in [0.15, 0.2) is 107 Å². The van der Waals surface area contributed by atoms with Crippen LogP contribution < -0.4 is 19.3 Å². The highest BCUT2D eigenvalue weighted by atomic mass is 79.9. The average molecular weight is 614 g/mol. The maximum absolute atomic E-state index is 13.8. The molecule has 5 rings (SSSR count). The third kappa shape index (κ3) is 5.54. The number of anilines is 2. The van der Waals surface area contributed by atoms with Gasteiger partial charge in [0.05, 0.1) is 23.0 Å². The Morgan fingerprint density at radius 3 is 1.98 bits per heavy atom. The molecule has 0 bridgehead atoms. The normalized spacial score (nSPS) is 13.5. The highest BCUT2D eigenvalue weighted by Gasteiger charge is 2.41. The number of carbonyl (C=O) groups excluding carboxylic acids is 2. The minimum Gasteiger partial charge on any atom is -0.493 e. The molecule has 0 aliphatic carbocycles. The minimum absolute atomic E-state index is 0.0383. The first-order valence-electron chi connectivity index (χ1n) is 12.5. The van der Waals surface area contributed by atoms with Crippen molar-refractivity contribution >= 4 is 62.5 Å². The molecule has 6 nitrogen and oxygen atoms in total. The first kappa shape index (κ1) is 27.3. The highest BCUT2D eigenvalue weighted by molar-refractivity contribution is 9.10. The van der Waals surface area contributed by atoms with Crippen molar-refractivity contribution in [3.05, 3.63) is 124 Å². The molecule has 1 heterocycles. The maximum atomic E-state index is 13.8. The Morgan fingerprint density at radius 2 is 1.43 bits per heavy atom. The number of methoxy groups -OCH3 is 1. The fraction of sp³-hybridized carbons (Fsp3) is 0.0938. The molecule has 1 saturated heterocycles. The molecule has 4 aromatic carbocycles. The molecule has 0 unspecified atom stereocenters. The quantitative estimate of drug-likeness (QED) is 0.127. The number of para-hydroxylation sites is 2. The van der Waals surface area contributed by atoms with Crippen LogP contribution in [-0.4, -0.2) is 24.0 Å². The number of halogens is 1. The van der Waals surface area contributed by atoms with Crippen LogP contribution in [0, 0.1) is 6.92 Å². The summed E-state index contributed by atoms with van der Waals surface area (Å²) in [6.45, 7) is 2.38. The van der Waals surface area contributed by atoms with Gasteiger partial charge in [-0.3, -0.25) is 19.4 Å². The third-order valence-electron chi connectivity index (χ3n) is 6.31. The maximum Gasteiger partial charge on any atom is 0.270 e. The summed E-state index contributed by atoms with van der Waals surface area (Å²) in [5.74, 6) is -0.0446. The molecule has 200 valence electrons. The van der Waals surface area contributed by atoms with Crippen LogP contribution in [0.5, 0.6) is 11.5 Å². The summed E-state index contributed by atoms with van der Waals surface area (Å²) in [4.78, 5) is 30.3. The molecule has 0 atom stereocenters. The fourth-order valence-electron chi connectivity index (χ4n) is 4.43. The Morgan fingerprint density at radius 1 is 0.825 bits per heavy atom. The number of hydrogen-bond acceptors (Lipinski definition) is 5. The second-order valence-corrected chi connectivity index (χ2v) is 10.3. The highest BCUT2D eigenvalue weighted by Crippen LogP contribution is 2.38. The number of aryl methyl sites for hydroxylation is 1. The van der Waals surface area contributed by atoms with Crippen molar-refractivity contribution in [2.75, 3.05) is 16.9 Å². The van der Waals surface area contributed by atoms with E-state index in [4.69, 9.17) is 21.7 Å². The third-order valence-corrected chi connectivity index (χ3v) is 7.26. The van der Waals surface area contributed by atoms with E-state index in [1.807, 2.05) is 61.5 Å². The predicted octanol–water partition coefficient (Wildman–Crippen LogP) is 7.09. The lowest BCUT2D eigenvalue weighted by Gasteiger charge is -2.36. The molecule has 1 aliphatic heterocycles. The largest absolute Gasteiger partial charge is 0.493 e. The van der Waals surface area contributed by atoms with Gasteiger partial charge in [-0.25, -0.2) is 0 Å². The van der Waals surface area contributed by atoms with Gasteiger partial charge in [0.25, 0.3) is 11.8 Å². The van der Waals surface area contributed by atoms with Gasteiger partial charge in [0.2, 0.25) is 0 Å². The molecule has 0 saturated carbocycles. The molecule has 0 radical (unpaired) electrons. The number of amides is 2. The van der Waals surface area contributed by atoms with Gasteiger partial charge in [-0.15, -0.1) is 0 Å². The topological polar surface area (TPSA) is 59.1 Å². The lowest BCUT2D eigenvalue weighted by molar-refractivity contribution is -0.120. The van der Waals surface area contributed by atoms with E-state index in [0.29, 0.717) is 39.5 Å². The number of ether oxygens (including phenoxy) is 2. The zero-order valence-corrected chi connectivity index (χ0v) is 24.2. The van der Waals surface area contributed by atoms with Gasteiger partial charge in [0, 0.05) is 0 Å². The summed E-state index contributed by atoms with van der Waals surface area (Å²) in [5.41, 5.74) is 3.84. The van der Waals surface area contributed by atoms with Crippen molar-refractivity contribution in [1.82, 2.24) is 0 Å². The Hall–Kier alpha value is -4.27. The molecule has 8 heteroatoms. The van der Waals surface area contributed by atoms with Crippen molar-refractivity contribution in [1.29, 1.82) is 0 Å². The van der Waals surface area contributed by atoms with Crippen molar-refractivity contribution < 1.29 is 19.1 Å². The zero-order valence-electron chi connectivity index (χ0n) is 21.8. The smallest absolute Gasteiger partial charge is 0.270 e. The van der Waals surface area contributed by atoms with Crippen LogP contribution in [0.1, 0.15) is 16.7 Å². The zero-order chi connectivity index (χ0) is 28.2. The molecular weight excluding hydrogens is 588 g/mol. The minimum atomic E-state index is -0.511. The fourth-order valence-corrected chi connectivity index (χ4v) is 5.38. The van der Waals surface area contributed by atoms with E-state index >= 15 is 0 Å². The lowest BCUT2D eigenvalue weighted by atomic mass is 10.0. The lowest BCUT2D eigenvalue weighted by Crippen LogP contribution is -2.56. The standard InChI is InChI=1S/C32H25BrN2O4S/c1-21-10-9-11-22(16-21)20-39-29-27(33)18-23(19-28(29)38-2)17-26-30(36)34(24-12-5-3-6-13-24)32(40)35(31(26)37)25-14-7-4-8-15-25/h3-19H,20H2,1-2H3. The average Bonchev–Trinajstić information content (AvgIpc) is 2.96. The number of thiocarbonyl (C=S) groups is 1. The summed E-state index contributed by atoms with van der Waals surface area (Å²) >= 11 is 9.26. The van der Waals surface area contributed by atoms with Crippen LogP contribution in [-0.2, 0) is 16.2 Å². The van der Waals surface area contributed by atoms with Gasteiger partial charge < -0.3 is 9.47 Å². The molecule has 1 aliphatic rings. The number of hydrogen-bond donors (Lipinski definition) is 0. The predicted molar refractivity (Wildman–Crippen MR) is 165 cm³/mol. The summed E-state index contributed by atoms with van der Waals surface area (Å²) in [6, 6.07) is 29.7. The van der Waals surface area contributed by atoms with E-state index in [0.717, 1.165) is 11.1 Å². The van der Waals surface area contributed by atoms with E-state index < -0.39 is 11.8 Å². The summed E-state index contributed by atoms with van der Waals surface area (Å²) in [7, 11) is 1.54. The summed E-state index contributed by atoms with van der Waals surface area (Å²) in [6.07, 6.45) is 1.55. The Bertz CT molecular complexity index is 1560. The molecule has 1 fully saturated rings. The summed E-state index contributed by atoms with van der Waals surface area (Å²) in [5, 5.41) is 0.0863. The van der Waals surface area contributed by atoms with Gasteiger partial charge in [-0.05, 0) is 88.7 Å². The van der Waals surface area contributed by atoms with Crippen LogP contribution in [0.4, 0.5) is 11.4 Å². The molecule has 0 aromatic heterocycles. The van der Waals surface area contributed by atoms with Gasteiger partial charge >= 0.3 is 0 Å². The first-order chi connectivity index (χ1) is 19.4. The Labute approximate surface area is 246 Å². The molecule has 4 aromatic rings. The van der Waals surface area contributed by atoms with Crippen molar-refractivity contribution in [3.63, 3.8) is 0 Å². The van der Waals surface area contributed by atoms with E-state index in [1.165, 1.54) is 9.80 Å². The Balaban J connectivity index is 1.54. The van der Waals surface area contributed by atoms with Gasteiger partial charge in [0.1, 0.15) is 12.2 Å². The summed E-state index contributed by atoms with van der Waals surface area (Å²) < 4.78 is 12.3. The van der Waals surface area contributed by atoms with Crippen molar-refractivity contribution in [2.45, 2.75) is 13.5 Å². The number of carbonyl (C=O) groups is 2. The molecule has 0 N–H and O–H groups in total. The van der Waals surface area contributed by atoms with E-state index in [-0.39, 0.29) is 10.7 Å². The van der Waals surface area contributed by atoms with Crippen LogP contribution in [0.3, 0.4) is 0 Å². The van der Waals surface area contributed by atoms with E-state index in [2.05, 4.69) is 22.0 Å².